The zero-order valence-corrected chi connectivity index (χ0v) is 13.1. The van der Waals surface area contributed by atoms with Crippen LogP contribution in [0.1, 0.15) is 11.1 Å². The smallest absolute Gasteiger partial charge is 0.127 e. The maximum Gasteiger partial charge on any atom is 0.127 e. The van der Waals surface area contributed by atoms with Gasteiger partial charge in [0.05, 0.1) is 0 Å². The molecule has 106 valence electrons. The number of nitrogens with one attached hydrogen (secondary N) is 1. The van der Waals surface area contributed by atoms with Crippen LogP contribution in [0.25, 0.3) is 0 Å². The van der Waals surface area contributed by atoms with Crippen LogP contribution >= 0.6 is 27.5 Å². The molecule has 2 nitrogen and oxygen atoms in total. The monoisotopic (exact) mass is 356 g/mol. The zero-order chi connectivity index (χ0) is 14.5. The van der Waals surface area contributed by atoms with Crippen LogP contribution in [0, 0.1) is 5.82 Å². The molecule has 20 heavy (non-hydrogen) atoms. The minimum absolute atomic E-state index is 0.0353. The summed E-state index contributed by atoms with van der Waals surface area (Å²) in [7, 11) is 0. The van der Waals surface area contributed by atoms with Gasteiger partial charge in [-0.25, -0.2) is 4.39 Å². The number of hydrogen-bond acceptors (Lipinski definition) is 2. The Bertz CT molecular complexity index is 575. The molecule has 2 aromatic carbocycles. The lowest BCUT2D eigenvalue weighted by atomic mass is 9.99. The van der Waals surface area contributed by atoms with E-state index < -0.39 is 0 Å². The minimum atomic E-state index is -0.226. The normalized spacial score (nSPS) is 12.4. The summed E-state index contributed by atoms with van der Waals surface area (Å²) >= 11 is 9.10. The molecule has 0 aromatic heterocycles. The second-order valence-corrected chi connectivity index (χ2v) is 5.99. The summed E-state index contributed by atoms with van der Waals surface area (Å²) in [5.74, 6) is 5.34. The molecule has 0 aliphatic carbocycles. The quantitative estimate of drug-likeness (QED) is 0.630. The Morgan fingerprint density at radius 2 is 1.85 bits per heavy atom. The van der Waals surface area contributed by atoms with Gasteiger partial charge in [0.15, 0.2) is 0 Å². The summed E-state index contributed by atoms with van der Waals surface area (Å²) in [6, 6.07) is 12.6. The molecule has 0 saturated carbocycles. The summed E-state index contributed by atoms with van der Waals surface area (Å²) in [6.07, 6.45) is 1.24. The van der Waals surface area contributed by atoms with Crippen molar-refractivity contribution in [2.45, 2.75) is 18.9 Å². The highest BCUT2D eigenvalue weighted by molar-refractivity contribution is 9.10. The second kappa shape index (κ2) is 7.18. The molecule has 0 spiro atoms. The van der Waals surface area contributed by atoms with Gasteiger partial charge in [-0.1, -0.05) is 45.7 Å². The number of halogens is 3. The largest absolute Gasteiger partial charge is 0.271 e. The fourth-order valence-electron chi connectivity index (χ4n) is 2.05. The third-order valence-corrected chi connectivity index (χ3v) is 3.86. The van der Waals surface area contributed by atoms with Crippen LogP contribution < -0.4 is 11.3 Å². The van der Waals surface area contributed by atoms with Gasteiger partial charge in [-0.3, -0.25) is 11.3 Å². The van der Waals surface area contributed by atoms with Crippen LogP contribution in [0.2, 0.25) is 5.02 Å². The fourth-order valence-corrected chi connectivity index (χ4v) is 2.51. The van der Waals surface area contributed by atoms with Crippen molar-refractivity contribution in [2.24, 2.45) is 5.84 Å². The van der Waals surface area contributed by atoms with Crippen LogP contribution in [0.15, 0.2) is 46.9 Å². The second-order valence-electron chi connectivity index (χ2n) is 4.63. The summed E-state index contributed by atoms with van der Waals surface area (Å²) < 4.78 is 14.6. The van der Waals surface area contributed by atoms with Crippen molar-refractivity contribution < 1.29 is 4.39 Å². The molecule has 0 aliphatic heterocycles. The molecule has 0 heterocycles. The number of hydrazine groups is 1. The SMILES string of the molecule is NNC(Cc1ccc(Cl)cc1)Cc1ccc(Br)cc1F. The van der Waals surface area contributed by atoms with Crippen molar-refractivity contribution in [3.8, 4) is 0 Å². The van der Waals surface area contributed by atoms with Crippen molar-refractivity contribution in [3.05, 3.63) is 68.9 Å². The van der Waals surface area contributed by atoms with Gasteiger partial charge >= 0.3 is 0 Å². The topological polar surface area (TPSA) is 38.0 Å². The van der Waals surface area contributed by atoms with Crippen molar-refractivity contribution >= 4 is 27.5 Å². The molecule has 2 rings (SSSR count). The predicted molar refractivity (Wildman–Crippen MR) is 84.1 cm³/mol. The van der Waals surface area contributed by atoms with E-state index in [1.54, 1.807) is 6.07 Å². The van der Waals surface area contributed by atoms with Gasteiger partial charge in [-0.15, -0.1) is 0 Å². The number of rotatable bonds is 5. The highest BCUT2D eigenvalue weighted by Crippen LogP contribution is 2.18. The van der Waals surface area contributed by atoms with Crippen LogP contribution in [-0.4, -0.2) is 6.04 Å². The molecular weight excluding hydrogens is 343 g/mol. The van der Waals surface area contributed by atoms with E-state index in [2.05, 4.69) is 21.4 Å². The van der Waals surface area contributed by atoms with Gasteiger partial charge in [0.2, 0.25) is 0 Å². The third kappa shape index (κ3) is 4.28. The average molecular weight is 358 g/mol. The van der Waals surface area contributed by atoms with Gasteiger partial charge in [-0.2, -0.15) is 0 Å². The lowest BCUT2D eigenvalue weighted by molar-refractivity contribution is 0.506. The Hall–Kier alpha value is -0.940. The first-order valence-electron chi connectivity index (χ1n) is 6.23. The molecule has 0 bridgehead atoms. The van der Waals surface area contributed by atoms with Crippen molar-refractivity contribution in [3.63, 3.8) is 0 Å². The van der Waals surface area contributed by atoms with Crippen LogP contribution in [-0.2, 0) is 12.8 Å². The van der Waals surface area contributed by atoms with Gasteiger partial charge < -0.3 is 0 Å². The Morgan fingerprint density at radius 3 is 2.45 bits per heavy atom. The molecular formula is C15H15BrClFN2. The molecule has 0 amide bonds. The molecule has 0 radical (unpaired) electrons. The highest BCUT2D eigenvalue weighted by Gasteiger charge is 2.12. The van der Waals surface area contributed by atoms with Crippen molar-refractivity contribution in [2.75, 3.05) is 0 Å². The summed E-state index contributed by atoms with van der Waals surface area (Å²) in [6.45, 7) is 0. The first-order valence-corrected chi connectivity index (χ1v) is 7.40. The van der Waals surface area contributed by atoms with Gasteiger partial charge in [0.25, 0.3) is 0 Å². The minimum Gasteiger partial charge on any atom is -0.271 e. The van der Waals surface area contributed by atoms with Gasteiger partial charge in [0, 0.05) is 15.5 Å². The first kappa shape index (κ1) is 15.4. The molecule has 0 aliphatic rings. The van der Waals surface area contributed by atoms with E-state index in [0.29, 0.717) is 23.4 Å². The van der Waals surface area contributed by atoms with Crippen LogP contribution in [0.5, 0.6) is 0 Å². The van der Waals surface area contributed by atoms with Gasteiger partial charge in [-0.05, 0) is 48.2 Å². The zero-order valence-electron chi connectivity index (χ0n) is 10.7. The Kier molecular flexibility index (Phi) is 5.54. The molecule has 0 saturated heterocycles. The lowest BCUT2D eigenvalue weighted by Crippen LogP contribution is -2.38. The standard InChI is InChI=1S/C15H15BrClFN2/c16-12-4-3-11(15(18)9-12)8-14(20-19)7-10-1-5-13(17)6-2-10/h1-6,9,14,20H,7-8,19H2. The molecule has 1 unspecified atom stereocenters. The Morgan fingerprint density at radius 1 is 1.15 bits per heavy atom. The lowest BCUT2D eigenvalue weighted by Gasteiger charge is -2.16. The maximum absolute atomic E-state index is 13.8. The maximum atomic E-state index is 13.8. The van der Waals surface area contributed by atoms with Gasteiger partial charge in [0.1, 0.15) is 5.82 Å². The van der Waals surface area contributed by atoms with Crippen LogP contribution in [0.3, 0.4) is 0 Å². The summed E-state index contributed by atoms with van der Waals surface area (Å²) in [5, 5.41) is 0.699. The van der Waals surface area contributed by atoms with E-state index in [0.717, 1.165) is 10.0 Å². The third-order valence-electron chi connectivity index (χ3n) is 3.11. The number of benzene rings is 2. The van der Waals surface area contributed by atoms with E-state index in [9.17, 15) is 4.39 Å². The predicted octanol–water partition coefficient (Wildman–Crippen LogP) is 3.86. The van der Waals surface area contributed by atoms with Crippen molar-refractivity contribution in [1.82, 2.24) is 5.43 Å². The highest BCUT2D eigenvalue weighted by atomic mass is 79.9. The fraction of sp³-hybridized carbons (Fsp3) is 0.200. The molecule has 5 heteroatoms. The molecule has 1 atom stereocenters. The number of hydrogen-bond donors (Lipinski definition) is 2. The van der Waals surface area contributed by atoms with E-state index in [1.807, 2.05) is 30.3 Å². The van der Waals surface area contributed by atoms with E-state index >= 15 is 0 Å². The average Bonchev–Trinajstić information content (AvgIpc) is 2.43. The molecule has 3 N–H and O–H groups in total. The molecule has 0 fully saturated rings. The van der Waals surface area contributed by atoms with Crippen molar-refractivity contribution in [1.29, 1.82) is 0 Å². The van der Waals surface area contributed by atoms with E-state index in [4.69, 9.17) is 17.4 Å². The van der Waals surface area contributed by atoms with E-state index in [-0.39, 0.29) is 11.9 Å². The Labute approximate surface area is 131 Å². The molecule has 2 aromatic rings. The summed E-state index contributed by atoms with van der Waals surface area (Å²) in [4.78, 5) is 0. The first-order chi connectivity index (χ1) is 9.58. The number of nitrogens with two attached hydrogens (primary N) is 1. The van der Waals surface area contributed by atoms with Crippen LogP contribution in [0.4, 0.5) is 4.39 Å². The summed E-state index contributed by atoms with van der Waals surface area (Å²) in [5.41, 5.74) is 4.49. The van der Waals surface area contributed by atoms with E-state index in [1.165, 1.54) is 6.07 Å². The Balaban J connectivity index is 2.07.